The van der Waals surface area contributed by atoms with Crippen LogP contribution in [0, 0.1) is 12.8 Å². The van der Waals surface area contributed by atoms with Crippen LogP contribution < -0.4 is 0 Å². The van der Waals surface area contributed by atoms with Gasteiger partial charge in [0.1, 0.15) is 11.9 Å². The number of carbonyl (C=O) groups is 2. The molecular weight excluding hydrogens is 592 g/mol. The molecule has 0 aromatic carbocycles. The summed E-state index contributed by atoms with van der Waals surface area (Å²) in [6.07, 6.45) is 27.0. The molecule has 1 aromatic heterocycles. The molecule has 0 radical (unpaired) electrons. The first-order chi connectivity index (χ1) is 22.8. The predicted octanol–water partition coefficient (Wildman–Crippen LogP) is 10.0. The highest BCUT2D eigenvalue weighted by Crippen LogP contribution is 2.18. The number of ether oxygens (including phenoxy) is 3. The van der Waals surface area contributed by atoms with Gasteiger partial charge in [-0.15, -0.1) is 0 Å². The fraction of sp³-hybridized carbons (Fsp3) is 0.872. The highest BCUT2D eigenvalue weighted by atomic mass is 16.6. The topological polar surface area (TPSA) is 99.9 Å². The Morgan fingerprint density at radius 2 is 1.34 bits per heavy atom. The first-order valence-corrected chi connectivity index (χ1v) is 19.5. The molecule has 0 fully saturated rings. The summed E-state index contributed by atoms with van der Waals surface area (Å²) in [7, 11) is 0. The first kappa shape index (κ1) is 43.1. The summed E-state index contributed by atoms with van der Waals surface area (Å²) in [5, 5.41) is 10.0. The number of aromatic nitrogens is 2. The van der Waals surface area contributed by atoms with Crippen molar-refractivity contribution < 1.29 is 28.9 Å². The Kier molecular flexibility index (Phi) is 27.6. The lowest BCUT2D eigenvalue weighted by Gasteiger charge is -2.18. The molecule has 0 aliphatic rings. The lowest BCUT2D eigenvalue weighted by atomic mass is 9.99. The van der Waals surface area contributed by atoms with Crippen molar-refractivity contribution in [2.24, 2.45) is 5.92 Å². The van der Waals surface area contributed by atoms with Gasteiger partial charge >= 0.3 is 11.9 Å². The maximum absolute atomic E-state index is 12.7. The van der Waals surface area contributed by atoms with Crippen LogP contribution in [-0.4, -0.2) is 52.2 Å². The van der Waals surface area contributed by atoms with Gasteiger partial charge in [0.25, 0.3) is 0 Å². The normalized spacial score (nSPS) is 13.4. The number of hydrogen-bond acceptors (Lipinski definition) is 7. The fourth-order valence-corrected chi connectivity index (χ4v) is 5.92. The average Bonchev–Trinajstić information content (AvgIpc) is 3.47. The number of esters is 2. The molecule has 0 spiro atoms. The quantitative estimate of drug-likeness (QED) is 0.0453. The van der Waals surface area contributed by atoms with E-state index in [2.05, 4.69) is 30.3 Å². The predicted molar refractivity (Wildman–Crippen MR) is 191 cm³/mol. The zero-order chi connectivity index (χ0) is 34.4. The Morgan fingerprint density at radius 3 is 2.00 bits per heavy atom. The zero-order valence-corrected chi connectivity index (χ0v) is 30.9. The number of nitrogens with zero attached hydrogens (tertiary/aromatic N) is 2. The van der Waals surface area contributed by atoms with E-state index in [-0.39, 0.29) is 18.0 Å². The van der Waals surface area contributed by atoms with Crippen LogP contribution in [0.25, 0.3) is 0 Å². The standard InChI is InChI=1S/C39H72N2O6/c1-5-7-9-11-18-25-37(42)45-32-20-15-13-17-24-36(47-39(44)26-21-30-41-31-29-40-35(41)4)23-16-12-10-14-19-33-46-38(43)28-27-34(3)22-8-6-2/h29,31,34,36-37,42H,5-28,30,32-33H2,1-4H3. The molecule has 0 aliphatic carbocycles. The largest absolute Gasteiger partial charge is 0.466 e. The van der Waals surface area contributed by atoms with Gasteiger partial charge in [0.15, 0.2) is 6.29 Å². The van der Waals surface area contributed by atoms with Crippen LogP contribution in [0.1, 0.15) is 181 Å². The van der Waals surface area contributed by atoms with Crippen molar-refractivity contribution >= 4 is 11.9 Å². The Hall–Kier alpha value is -1.93. The van der Waals surface area contributed by atoms with Gasteiger partial charge in [-0.3, -0.25) is 9.59 Å². The Labute approximate surface area is 288 Å². The van der Waals surface area contributed by atoms with E-state index in [1.165, 1.54) is 44.9 Å². The minimum Gasteiger partial charge on any atom is -0.466 e. The molecule has 1 rings (SSSR count). The number of carbonyl (C=O) groups excluding carboxylic acids is 2. The molecule has 3 unspecified atom stereocenters. The van der Waals surface area contributed by atoms with Crippen molar-refractivity contribution in [3.05, 3.63) is 18.2 Å². The monoisotopic (exact) mass is 665 g/mol. The molecule has 3 atom stereocenters. The van der Waals surface area contributed by atoms with Crippen molar-refractivity contribution in [2.75, 3.05) is 13.2 Å². The maximum atomic E-state index is 12.7. The van der Waals surface area contributed by atoms with E-state index in [9.17, 15) is 14.7 Å². The molecule has 1 N–H and O–H groups in total. The van der Waals surface area contributed by atoms with E-state index in [0.29, 0.717) is 32.0 Å². The summed E-state index contributed by atoms with van der Waals surface area (Å²) in [6.45, 7) is 10.5. The van der Waals surface area contributed by atoms with Gasteiger partial charge < -0.3 is 23.9 Å². The van der Waals surface area contributed by atoms with Gasteiger partial charge in [-0.1, -0.05) is 97.8 Å². The molecule has 0 saturated heterocycles. The molecule has 0 bridgehead atoms. The molecular formula is C39H72N2O6. The highest BCUT2D eigenvalue weighted by molar-refractivity contribution is 5.69. The number of hydrogen-bond donors (Lipinski definition) is 1. The molecule has 8 nitrogen and oxygen atoms in total. The summed E-state index contributed by atoms with van der Waals surface area (Å²) in [5.74, 6) is 1.39. The summed E-state index contributed by atoms with van der Waals surface area (Å²) < 4.78 is 19.1. The molecule has 8 heteroatoms. The highest BCUT2D eigenvalue weighted by Gasteiger charge is 2.15. The second kappa shape index (κ2) is 30.2. The van der Waals surface area contributed by atoms with Crippen molar-refractivity contribution in [2.45, 2.75) is 201 Å². The number of imidazole rings is 1. The van der Waals surface area contributed by atoms with Gasteiger partial charge in [-0.2, -0.15) is 0 Å². The zero-order valence-electron chi connectivity index (χ0n) is 30.9. The van der Waals surface area contributed by atoms with Gasteiger partial charge in [0, 0.05) is 38.4 Å². The second-order valence-electron chi connectivity index (χ2n) is 13.7. The summed E-state index contributed by atoms with van der Waals surface area (Å²) in [4.78, 5) is 29.0. The molecule has 274 valence electrons. The van der Waals surface area contributed by atoms with E-state index in [1.54, 1.807) is 6.20 Å². The van der Waals surface area contributed by atoms with Crippen LogP contribution in [0.15, 0.2) is 12.4 Å². The van der Waals surface area contributed by atoms with E-state index in [4.69, 9.17) is 14.2 Å². The number of aliphatic hydroxyl groups excluding tert-OH is 1. The molecule has 0 aliphatic heterocycles. The Balaban J connectivity index is 2.25. The van der Waals surface area contributed by atoms with Crippen molar-refractivity contribution in [3.8, 4) is 0 Å². The van der Waals surface area contributed by atoms with E-state index in [0.717, 1.165) is 109 Å². The minimum absolute atomic E-state index is 0.0380. The van der Waals surface area contributed by atoms with Crippen LogP contribution >= 0.6 is 0 Å². The number of rotatable bonds is 33. The van der Waals surface area contributed by atoms with E-state index < -0.39 is 6.29 Å². The van der Waals surface area contributed by atoms with Gasteiger partial charge in [-0.25, -0.2) is 4.98 Å². The number of aliphatic hydroxyl groups is 1. The van der Waals surface area contributed by atoms with E-state index >= 15 is 0 Å². The maximum Gasteiger partial charge on any atom is 0.306 e. The first-order valence-electron chi connectivity index (χ1n) is 19.5. The summed E-state index contributed by atoms with van der Waals surface area (Å²) in [6, 6.07) is 0. The molecule has 0 saturated carbocycles. The summed E-state index contributed by atoms with van der Waals surface area (Å²) >= 11 is 0. The Morgan fingerprint density at radius 1 is 0.723 bits per heavy atom. The molecule has 1 heterocycles. The molecule has 47 heavy (non-hydrogen) atoms. The third kappa shape index (κ3) is 25.7. The third-order valence-electron chi connectivity index (χ3n) is 9.11. The summed E-state index contributed by atoms with van der Waals surface area (Å²) in [5.41, 5.74) is 0. The lowest BCUT2D eigenvalue weighted by molar-refractivity contribution is -0.150. The van der Waals surface area contributed by atoms with Crippen molar-refractivity contribution in [1.29, 1.82) is 0 Å². The second-order valence-corrected chi connectivity index (χ2v) is 13.7. The van der Waals surface area contributed by atoms with Gasteiger partial charge in [0.05, 0.1) is 6.61 Å². The number of aryl methyl sites for hydroxylation is 2. The smallest absolute Gasteiger partial charge is 0.306 e. The van der Waals surface area contributed by atoms with Gasteiger partial charge in [0.2, 0.25) is 0 Å². The van der Waals surface area contributed by atoms with Crippen LogP contribution in [0.3, 0.4) is 0 Å². The van der Waals surface area contributed by atoms with Crippen LogP contribution in [0.5, 0.6) is 0 Å². The van der Waals surface area contributed by atoms with Crippen molar-refractivity contribution in [3.63, 3.8) is 0 Å². The third-order valence-corrected chi connectivity index (χ3v) is 9.11. The Bertz CT molecular complexity index is 875. The van der Waals surface area contributed by atoms with Gasteiger partial charge in [-0.05, 0) is 77.0 Å². The average molecular weight is 665 g/mol. The fourth-order valence-electron chi connectivity index (χ4n) is 5.92. The van der Waals surface area contributed by atoms with E-state index in [1.807, 2.05) is 13.1 Å². The van der Waals surface area contributed by atoms with Crippen LogP contribution in [-0.2, 0) is 30.3 Å². The SMILES string of the molecule is CCCCCCCC(O)OCCCCCCC(CCCCCCCOC(=O)CCC(C)CCCC)OC(=O)CCCn1ccnc1C. The number of unbranched alkanes of at least 4 members (excludes halogenated alkanes) is 12. The van der Waals surface area contributed by atoms with Crippen LogP contribution in [0.2, 0.25) is 0 Å². The minimum atomic E-state index is -0.637. The lowest BCUT2D eigenvalue weighted by Crippen LogP contribution is -2.19. The van der Waals surface area contributed by atoms with Crippen molar-refractivity contribution in [1.82, 2.24) is 9.55 Å². The molecule has 1 aromatic rings. The molecule has 0 amide bonds. The van der Waals surface area contributed by atoms with Crippen LogP contribution in [0.4, 0.5) is 0 Å².